The molecule has 0 aromatic carbocycles. The lowest BCUT2D eigenvalue weighted by atomic mass is 10.3. The third-order valence-electron chi connectivity index (χ3n) is 1.79. The van der Waals surface area contributed by atoms with Gasteiger partial charge in [-0.1, -0.05) is 6.58 Å². The van der Waals surface area contributed by atoms with Gasteiger partial charge < -0.3 is 14.4 Å². The highest BCUT2D eigenvalue weighted by Crippen LogP contribution is 1.97. The van der Waals surface area contributed by atoms with Crippen molar-refractivity contribution in [1.82, 2.24) is 4.90 Å². The van der Waals surface area contributed by atoms with E-state index in [1.54, 1.807) is 7.11 Å². The summed E-state index contributed by atoms with van der Waals surface area (Å²) in [5.41, 5.74) is 1.01. The van der Waals surface area contributed by atoms with E-state index in [-0.39, 0.29) is 0 Å². The molecule has 0 amide bonds. The molecule has 0 heterocycles. The van der Waals surface area contributed by atoms with Crippen molar-refractivity contribution in [3.63, 3.8) is 0 Å². The van der Waals surface area contributed by atoms with Gasteiger partial charge in [-0.2, -0.15) is 0 Å². The maximum Gasteiger partial charge on any atom is 0.0858 e. The molecule has 0 unspecified atom stereocenters. The zero-order chi connectivity index (χ0) is 10.1. The molecule has 0 saturated heterocycles. The van der Waals surface area contributed by atoms with Crippen molar-refractivity contribution in [1.29, 1.82) is 0 Å². The second-order valence-corrected chi connectivity index (χ2v) is 3.21. The second-order valence-electron chi connectivity index (χ2n) is 3.21. The standard InChI is InChI=1S/C10H21NO2/c1-10(11(2)3)9-13-8-6-5-7-12-4/h1,5-9H2,2-4H3. The molecule has 0 aliphatic heterocycles. The first-order chi connectivity index (χ1) is 6.18. The number of unbranched alkanes of at least 4 members (excludes halogenated alkanes) is 1. The monoisotopic (exact) mass is 187 g/mol. The zero-order valence-electron chi connectivity index (χ0n) is 9.01. The van der Waals surface area contributed by atoms with Crippen LogP contribution in [0.1, 0.15) is 12.8 Å². The second kappa shape index (κ2) is 8.08. The predicted molar refractivity (Wildman–Crippen MR) is 54.8 cm³/mol. The number of rotatable bonds is 8. The Morgan fingerprint density at radius 3 is 2.38 bits per heavy atom. The minimum atomic E-state index is 0.625. The molecule has 0 bridgehead atoms. The molecule has 0 spiro atoms. The van der Waals surface area contributed by atoms with E-state index in [0.29, 0.717) is 6.61 Å². The number of hydrogen-bond donors (Lipinski definition) is 0. The Bertz CT molecular complexity index is 135. The highest BCUT2D eigenvalue weighted by atomic mass is 16.5. The minimum absolute atomic E-state index is 0.625. The number of hydrogen-bond acceptors (Lipinski definition) is 3. The van der Waals surface area contributed by atoms with E-state index in [0.717, 1.165) is 31.8 Å². The highest BCUT2D eigenvalue weighted by Gasteiger charge is 1.95. The topological polar surface area (TPSA) is 21.7 Å². The Morgan fingerprint density at radius 2 is 1.85 bits per heavy atom. The van der Waals surface area contributed by atoms with Crippen LogP contribution in [0.2, 0.25) is 0 Å². The van der Waals surface area contributed by atoms with Crippen LogP contribution < -0.4 is 0 Å². The van der Waals surface area contributed by atoms with Gasteiger partial charge in [0.1, 0.15) is 0 Å². The first-order valence-corrected chi connectivity index (χ1v) is 4.60. The van der Waals surface area contributed by atoms with E-state index in [9.17, 15) is 0 Å². The van der Waals surface area contributed by atoms with Crippen LogP contribution in [0.15, 0.2) is 12.3 Å². The fraction of sp³-hybridized carbons (Fsp3) is 0.800. The average Bonchev–Trinajstić information content (AvgIpc) is 2.10. The molecule has 0 fully saturated rings. The summed E-state index contributed by atoms with van der Waals surface area (Å²) in [4.78, 5) is 1.97. The molecule has 0 aromatic rings. The van der Waals surface area contributed by atoms with Crippen LogP contribution in [0.5, 0.6) is 0 Å². The van der Waals surface area contributed by atoms with Crippen molar-refractivity contribution in [3.05, 3.63) is 12.3 Å². The van der Waals surface area contributed by atoms with E-state index < -0.39 is 0 Å². The van der Waals surface area contributed by atoms with Gasteiger partial charge in [-0.3, -0.25) is 0 Å². The zero-order valence-corrected chi connectivity index (χ0v) is 9.01. The van der Waals surface area contributed by atoms with Crippen molar-refractivity contribution in [2.24, 2.45) is 0 Å². The molecule has 0 aliphatic carbocycles. The van der Waals surface area contributed by atoms with Crippen molar-refractivity contribution in [2.45, 2.75) is 12.8 Å². The maximum atomic E-state index is 5.41. The molecule has 0 aliphatic rings. The summed E-state index contributed by atoms with van der Waals surface area (Å²) in [5, 5.41) is 0. The van der Waals surface area contributed by atoms with Gasteiger partial charge in [0.2, 0.25) is 0 Å². The van der Waals surface area contributed by atoms with Crippen molar-refractivity contribution in [2.75, 3.05) is 41.0 Å². The molecule has 0 saturated carbocycles. The molecular formula is C10H21NO2. The molecule has 0 N–H and O–H groups in total. The van der Waals surface area contributed by atoms with Crippen LogP contribution in [-0.4, -0.2) is 45.9 Å². The lowest BCUT2D eigenvalue weighted by molar-refractivity contribution is 0.125. The number of nitrogens with zero attached hydrogens (tertiary/aromatic N) is 1. The predicted octanol–water partition coefficient (Wildman–Crippen LogP) is 1.50. The van der Waals surface area contributed by atoms with Crippen LogP contribution in [0, 0.1) is 0 Å². The quantitative estimate of drug-likeness (QED) is 0.538. The maximum absolute atomic E-state index is 5.41. The van der Waals surface area contributed by atoms with Crippen molar-refractivity contribution < 1.29 is 9.47 Å². The molecular weight excluding hydrogens is 166 g/mol. The normalized spacial score (nSPS) is 10.1. The molecule has 0 aromatic heterocycles. The summed E-state index contributed by atoms with van der Waals surface area (Å²) in [6.45, 7) is 6.09. The lowest BCUT2D eigenvalue weighted by Gasteiger charge is -2.15. The van der Waals surface area contributed by atoms with Crippen LogP contribution in [0.25, 0.3) is 0 Å². The third-order valence-corrected chi connectivity index (χ3v) is 1.79. The fourth-order valence-corrected chi connectivity index (χ4v) is 0.770. The number of methoxy groups -OCH3 is 1. The van der Waals surface area contributed by atoms with Crippen molar-refractivity contribution >= 4 is 0 Å². The Morgan fingerprint density at radius 1 is 1.23 bits per heavy atom. The van der Waals surface area contributed by atoms with Gasteiger partial charge in [0.05, 0.1) is 6.61 Å². The van der Waals surface area contributed by atoms with E-state index in [1.807, 2.05) is 19.0 Å². The first kappa shape index (κ1) is 12.5. The first-order valence-electron chi connectivity index (χ1n) is 4.60. The summed E-state index contributed by atoms with van der Waals surface area (Å²) in [6.07, 6.45) is 2.11. The van der Waals surface area contributed by atoms with Gasteiger partial charge in [0.15, 0.2) is 0 Å². The third kappa shape index (κ3) is 7.81. The SMILES string of the molecule is C=C(COCCCCOC)N(C)C. The summed E-state index contributed by atoms with van der Waals surface area (Å²) < 4.78 is 10.3. The minimum Gasteiger partial charge on any atom is -0.385 e. The van der Waals surface area contributed by atoms with Crippen LogP contribution in [-0.2, 0) is 9.47 Å². The van der Waals surface area contributed by atoms with Gasteiger partial charge >= 0.3 is 0 Å². The van der Waals surface area contributed by atoms with Gasteiger partial charge in [-0.15, -0.1) is 0 Å². The summed E-state index contributed by atoms with van der Waals surface area (Å²) >= 11 is 0. The summed E-state index contributed by atoms with van der Waals surface area (Å²) in [6, 6.07) is 0. The lowest BCUT2D eigenvalue weighted by Crippen LogP contribution is -2.15. The van der Waals surface area contributed by atoms with E-state index in [2.05, 4.69) is 6.58 Å². The Hall–Kier alpha value is -0.540. The molecule has 0 atom stereocenters. The van der Waals surface area contributed by atoms with Gasteiger partial charge in [0, 0.05) is 40.1 Å². The van der Waals surface area contributed by atoms with Crippen LogP contribution in [0.4, 0.5) is 0 Å². The highest BCUT2D eigenvalue weighted by molar-refractivity contribution is 4.90. The molecule has 13 heavy (non-hydrogen) atoms. The molecule has 3 heteroatoms. The average molecular weight is 187 g/mol. The van der Waals surface area contributed by atoms with Crippen LogP contribution in [0.3, 0.4) is 0 Å². The molecule has 78 valence electrons. The van der Waals surface area contributed by atoms with Gasteiger partial charge in [0.25, 0.3) is 0 Å². The Labute approximate surface area is 81.3 Å². The molecule has 3 nitrogen and oxygen atoms in total. The van der Waals surface area contributed by atoms with Crippen LogP contribution >= 0.6 is 0 Å². The summed E-state index contributed by atoms with van der Waals surface area (Å²) in [7, 11) is 5.65. The van der Waals surface area contributed by atoms with Crippen molar-refractivity contribution in [3.8, 4) is 0 Å². The van der Waals surface area contributed by atoms with E-state index in [1.165, 1.54) is 0 Å². The largest absolute Gasteiger partial charge is 0.385 e. The van der Waals surface area contributed by atoms with Gasteiger partial charge in [-0.25, -0.2) is 0 Å². The number of ether oxygens (including phenoxy) is 2. The Balaban J connectivity index is 3.12. The summed E-state index contributed by atoms with van der Waals surface area (Å²) in [5.74, 6) is 0. The van der Waals surface area contributed by atoms with E-state index >= 15 is 0 Å². The van der Waals surface area contributed by atoms with Gasteiger partial charge in [-0.05, 0) is 12.8 Å². The molecule has 0 rings (SSSR count). The smallest absolute Gasteiger partial charge is 0.0858 e. The number of likely N-dealkylation sites (N-methyl/N-ethyl adjacent to an activating group) is 1. The Kier molecular flexibility index (Phi) is 7.74. The molecule has 0 radical (unpaired) electrons. The van der Waals surface area contributed by atoms with E-state index in [4.69, 9.17) is 9.47 Å². The fourth-order valence-electron chi connectivity index (χ4n) is 0.770.